The summed E-state index contributed by atoms with van der Waals surface area (Å²) in [7, 11) is 0.459. The fourth-order valence-corrected chi connectivity index (χ4v) is 2.23. The smallest absolute Gasteiger partial charge is 0.417 e. The Morgan fingerprint density at radius 3 is 1.67 bits per heavy atom. The molecule has 0 aromatic heterocycles. The monoisotopic (exact) mass is 400 g/mol. The van der Waals surface area contributed by atoms with E-state index < -0.39 is 58.1 Å². The van der Waals surface area contributed by atoms with Crippen LogP contribution in [0.25, 0.3) is 0 Å². The van der Waals surface area contributed by atoms with Gasteiger partial charge in [0.1, 0.15) is 0 Å². The van der Waals surface area contributed by atoms with E-state index in [9.17, 15) is 39.9 Å². The van der Waals surface area contributed by atoms with Gasteiger partial charge in [-0.1, -0.05) is 30.3 Å². The normalized spacial score (nSPS) is 14.0. The third kappa shape index (κ3) is 3.22. The van der Waals surface area contributed by atoms with Gasteiger partial charge in [-0.2, -0.15) is 22.0 Å². The molecule has 0 radical (unpaired) electrons. The van der Waals surface area contributed by atoms with Gasteiger partial charge < -0.3 is 9.47 Å². The van der Waals surface area contributed by atoms with Gasteiger partial charge in [0, 0.05) is 12.7 Å². The molecular weight excluding hydrogens is 392 g/mol. The lowest BCUT2D eigenvalue weighted by Gasteiger charge is -2.32. The molecule has 2 rings (SSSR count). The van der Waals surface area contributed by atoms with Crippen molar-refractivity contribution >= 4 is 5.97 Å². The van der Waals surface area contributed by atoms with Gasteiger partial charge in [-0.05, 0) is 0 Å². The highest BCUT2D eigenvalue weighted by Crippen LogP contribution is 2.43. The quantitative estimate of drug-likeness (QED) is 0.251. The number of ether oxygens (including phenoxy) is 2. The maximum absolute atomic E-state index is 13.6. The average molecular weight is 400 g/mol. The van der Waals surface area contributed by atoms with E-state index in [-0.39, 0.29) is 0 Å². The summed E-state index contributed by atoms with van der Waals surface area (Å²) in [5.74, 6) is -17.4. The largest absolute Gasteiger partial charge is 0.432 e. The molecule has 0 aliphatic rings. The summed E-state index contributed by atoms with van der Waals surface area (Å²) in [6.45, 7) is 0. The molecule has 0 saturated carbocycles. The van der Waals surface area contributed by atoms with Crippen molar-refractivity contribution in [3.8, 4) is 5.75 Å². The van der Waals surface area contributed by atoms with E-state index in [4.69, 9.17) is 0 Å². The van der Waals surface area contributed by atoms with Gasteiger partial charge in [0.25, 0.3) is 5.60 Å². The molecule has 0 heterocycles. The summed E-state index contributed by atoms with van der Waals surface area (Å²) in [5, 5.41) is 0. The molecule has 0 saturated heterocycles. The van der Waals surface area contributed by atoms with Gasteiger partial charge in [0.15, 0.2) is 0 Å². The van der Waals surface area contributed by atoms with E-state index in [1.165, 1.54) is 6.07 Å². The SMILES string of the molecule is COC(C(=O)Oc1c(F)c(F)c(F)c(F)c1F)(c1ccccc1)C(F)(F)F. The Labute approximate surface area is 146 Å². The van der Waals surface area contributed by atoms with Crippen LogP contribution in [0.4, 0.5) is 35.1 Å². The van der Waals surface area contributed by atoms with Gasteiger partial charge in [-0.3, -0.25) is 0 Å². The second-order valence-corrected chi connectivity index (χ2v) is 5.04. The molecule has 1 atom stereocenters. The van der Waals surface area contributed by atoms with Crippen molar-refractivity contribution in [3.63, 3.8) is 0 Å². The van der Waals surface area contributed by atoms with Crippen LogP contribution in [0.1, 0.15) is 5.56 Å². The van der Waals surface area contributed by atoms with Crippen LogP contribution in [0.2, 0.25) is 0 Å². The second kappa shape index (κ2) is 7.14. The molecule has 146 valence electrons. The first kappa shape index (κ1) is 20.6. The van der Waals surface area contributed by atoms with Crippen molar-refractivity contribution in [2.75, 3.05) is 7.11 Å². The summed E-state index contributed by atoms with van der Waals surface area (Å²) in [6.07, 6.45) is -5.51. The molecule has 0 aliphatic heterocycles. The maximum atomic E-state index is 13.6. The number of carbonyl (C=O) groups is 1. The van der Waals surface area contributed by atoms with Crippen LogP contribution in [0.15, 0.2) is 30.3 Å². The van der Waals surface area contributed by atoms with Crippen LogP contribution in [0, 0.1) is 29.1 Å². The van der Waals surface area contributed by atoms with Gasteiger partial charge >= 0.3 is 12.1 Å². The van der Waals surface area contributed by atoms with E-state index in [1.54, 1.807) is 0 Å². The summed E-state index contributed by atoms with van der Waals surface area (Å²) < 4.78 is 116. The number of benzene rings is 2. The first-order valence-corrected chi connectivity index (χ1v) is 6.90. The van der Waals surface area contributed by atoms with Crippen molar-refractivity contribution in [2.24, 2.45) is 0 Å². The van der Waals surface area contributed by atoms with Crippen molar-refractivity contribution in [1.82, 2.24) is 0 Å². The Kier molecular flexibility index (Phi) is 5.45. The molecule has 0 spiro atoms. The lowest BCUT2D eigenvalue weighted by atomic mass is 9.92. The second-order valence-electron chi connectivity index (χ2n) is 5.04. The van der Waals surface area contributed by atoms with Gasteiger partial charge in [-0.15, -0.1) is 0 Å². The lowest BCUT2D eigenvalue weighted by Crippen LogP contribution is -2.53. The highest BCUT2D eigenvalue weighted by atomic mass is 19.4. The number of alkyl halides is 3. The van der Waals surface area contributed by atoms with Crippen LogP contribution in [-0.4, -0.2) is 19.3 Å². The van der Waals surface area contributed by atoms with Crippen molar-refractivity contribution < 1.29 is 49.4 Å². The first-order valence-electron chi connectivity index (χ1n) is 6.90. The van der Waals surface area contributed by atoms with Gasteiger partial charge in [0.2, 0.25) is 34.8 Å². The third-order valence-corrected chi connectivity index (χ3v) is 3.54. The molecule has 11 heteroatoms. The van der Waals surface area contributed by atoms with E-state index >= 15 is 0 Å². The van der Waals surface area contributed by atoms with E-state index in [0.29, 0.717) is 7.11 Å². The minimum absolute atomic E-state index is 0.459. The predicted octanol–water partition coefficient (Wildman–Crippen LogP) is 4.39. The Hall–Kier alpha value is -2.69. The number of rotatable bonds is 4. The molecule has 0 N–H and O–H groups in total. The fraction of sp³-hybridized carbons (Fsp3) is 0.188. The molecule has 1 unspecified atom stereocenters. The van der Waals surface area contributed by atoms with Crippen LogP contribution in [0.5, 0.6) is 5.75 Å². The van der Waals surface area contributed by atoms with Crippen molar-refractivity contribution in [3.05, 3.63) is 65.0 Å². The molecule has 2 aromatic carbocycles. The third-order valence-electron chi connectivity index (χ3n) is 3.54. The van der Waals surface area contributed by atoms with Crippen LogP contribution in [0.3, 0.4) is 0 Å². The van der Waals surface area contributed by atoms with Gasteiger partial charge in [-0.25, -0.2) is 18.0 Å². The molecule has 2 aromatic rings. The molecule has 0 fully saturated rings. The number of halogens is 8. The zero-order valence-electron chi connectivity index (χ0n) is 13.1. The van der Waals surface area contributed by atoms with Crippen LogP contribution < -0.4 is 4.74 Å². The number of esters is 1. The lowest BCUT2D eigenvalue weighted by molar-refractivity contribution is -0.272. The maximum Gasteiger partial charge on any atom is 0.432 e. The summed E-state index contributed by atoms with van der Waals surface area (Å²) >= 11 is 0. The highest BCUT2D eigenvalue weighted by molar-refractivity contribution is 5.84. The molecule has 3 nitrogen and oxygen atoms in total. The van der Waals surface area contributed by atoms with Crippen molar-refractivity contribution in [1.29, 1.82) is 0 Å². The Morgan fingerprint density at radius 2 is 1.26 bits per heavy atom. The number of carbonyl (C=O) groups excluding carboxylic acids is 1. The molecule has 27 heavy (non-hydrogen) atoms. The molecule has 0 aliphatic carbocycles. The molecule has 0 bridgehead atoms. The standard InChI is InChI=1S/C16H8F8O3/c1-26-15(16(22,23)24,7-5-3-2-4-6-7)14(25)27-13-11(20)9(18)8(17)10(19)12(13)21/h2-6H,1H3. The van der Waals surface area contributed by atoms with Gasteiger partial charge in [0.05, 0.1) is 0 Å². The highest BCUT2D eigenvalue weighted by Gasteiger charge is 2.64. The number of hydrogen-bond donors (Lipinski definition) is 0. The van der Waals surface area contributed by atoms with E-state index in [0.717, 1.165) is 24.3 Å². The van der Waals surface area contributed by atoms with Crippen molar-refractivity contribution in [2.45, 2.75) is 11.8 Å². The zero-order chi connectivity index (χ0) is 20.6. The topological polar surface area (TPSA) is 35.5 Å². The van der Waals surface area contributed by atoms with E-state index in [1.807, 2.05) is 0 Å². The minimum atomic E-state index is -5.51. The Balaban J connectivity index is 2.64. The Morgan fingerprint density at radius 1 is 0.815 bits per heavy atom. The summed E-state index contributed by atoms with van der Waals surface area (Å²) in [4.78, 5) is 12.2. The number of hydrogen-bond acceptors (Lipinski definition) is 3. The summed E-state index contributed by atoms with van der Waals surface area (Å²) in [6, 6.07) is 5.10. The average Bonchev–Trinajstić information content (AvgIpc) is 2.62. The van der Waals surface area contributed by atoms with Crippen LogP contribution >= 0.6 is 0 Å². The first-order chi connectivity index (χ1) is 12.5. The Bertz CT molecular complexity index is 837. The molecule has 0 amide bonds. The molecular formula is C16H8F8O3. The van der Waals surface area contributed by atoms with Crippen LogP contribution in [-0.2, 0) is 15.1 Å². The summed E-state index contributed by atoms with van der Waals surface area (Å²) in [5.41, 5.74) is -4.72. The number of methoxy groups -OCH3 is 1. The fourth-order valence-electron chi connectivity index (χ4n) is 2.23. The minimum Gasteiger partial charge on any atom is -0.417 e. The predicted molar refractivity (Wildman–Crippen MR) is 73.1 cm³/mol. The zero-order valence-corrected chi connectivity index (χ0v) is 13.1. The van der Waals surface area contributed by atoms with E-state index in [2.05, 4.69) is 9.47 Å².